The van der Waals surface area contributed by atoms with Crippen LogP contribution in [0.3, 0.4) is 0 Å². The lowest BCUT2D eigenvalue weighted by Crippen LogP contribution is -2.48. The van der Waals surface area contributed by atoms with Crippen LogP contribution in [0.25, 0.3) is 11.3 Å². The second-order valence-corrected chi connectivity index (χ2v) is 7.30. The van der Waals surface area contributed by atoms with Gasteiger partial charge in [0.15, 0.2) is 17.5 Å². The van der Waals surface area contributed by atoms with E-state index in [-0.39, 0.29) is 17.8 Å². The smallest absolute Gasteiger partial charge is 0.329 e. The normalized spacial score (nSPS) is 17.2. The van der Waals surface area contributed by atoms with Crippen molar-refractivity contribution >= 4 is 29.6 Å². The van der Waals surface area contributed by atoms with Crippen LogP contribution in [0.1, 0.15) is 12.1 Å². The Balaban J connectivity index is 1.52. The molecule has 9 nitrogen and oxygen atoms in total. The highest BCUT2D eigenvalue weighted by molar-refractivity contribution is 6.04. The summed E-state index contributed by atoms with van der Waals surface area (Å²) in [4.78, 5) is 37.8. The molecular weight excluding hydrogens is 399 g/mol. The van der Waals surface area contributed by atoms with Crippen molar-refractivity contribution in [3.8, 4) is 11.3 Å². The first kappa shape index (κ1) is 19.0. The maximum Gasteiger partial charge on any atom is 0.329 e. The molecule has 10 heteroatoms. The molecule has 156 valence electrons. The number of carbonyl (C=O) groups excluding carboxylic acids is 1. The minimum absolute atomic E-state index is 0.00933. The molecule has 1 saturated heterocycles. The van der Waals surface area contributed by atoms with Gasteiger partial charge < -0.3 is 4.90 Å². The Kier molecular flexibility index (Phi) is 4.73. The Morgan fingerprint density at radius 3 is 2.97 bits per heavy atom. The Bertz CT molecular complexity index is 1170. The van der Waals surface area contributed by atoms with Crippen LogP contribution in [0, 0.1) is 5.82 Å². The van der Waals surface area contributed by atoms with Gasteiger partial charge in [-0.25, -0.2) is 19.2 Å². The highest BCUT2D eigenvalue weighted by Crippen LogP contribution is 2.40. The van der Waals surface area contributed by atoms with Gasteiger partial charge in [0.1, 0.15) is 5.69 Å². The van der Waals surface area contributed by atoms with Gasteiger partial charge in [0.2, 0.25) is 0 Å². The largest absolute Gasteiger partial charge is 0.366 e. The molecular formula is C21H19FN8O. The van der Waals surface area contributed by atoms with E-state index in [0.29, 0.717) is 22.9 Å². The van der Waals surface area contributed by atoms with Crippen LogP contribution < -0.4 is 15.1 Å². The van der Waals surface area contributed by atoms with Crippen LogP contribution in [-0.4, -0.2) is 58.4 Å². The van der Waals surface area contributed by atoms with Crippen LogP contribution >= 0.6 is 0 Å². The van der Waals surface area contributed by atoms with E-state index >= 15 is 0 Å². The van der Waals surface area contributed by atoms with E-state index in [9.17, 15) is 9.18 Å². The quantitative estimate of drug-likeness (QED) is 0.657. The number of anilines is 3. The van der Waals surface area contributed by atoms with Crippen molar-refractivity contribution in [1.29, 1.82) is 0 Å². The average molecular weight is 418 g/mol. The molecule has 3 aromatic rings. The summed E-state index contributed by atoms with van der Waals surface area (Å²) in [5.41, 5.74) is 2.09. The summed E-state index contributed by atoms with van der Waals surface area (Å²) in [5, 5.41) is 2.79. The van der Waals surface area contributed by atoms with Crippen LogP contribution in [0.4, 0.5) is 26.5 Å². The van der Waals surface area contributed by atoms with Crippen molar-refractivity contribution in [2.75, 3.05) is 35.3 Å². The van der Waals surface area contributed by atoms with Gasteiger partial charge in [0.05, 0.1) is 23.6 Å². The average Bonchev–Trinajstić information content (AvgIpc) is 3.20. The first-order chi connectivity index (χ1) is 15.1. The molecule has 0 spiro atoms. The first-order valence-corrected chi connectivity index (χ1v) is 9.84. The number of carbonyl (C=O) groups is 1. The first-order valence-electron chi connectivity index (χ1n) is 9.84. The second-order valence-electron chi connectivity index (χ2n) is 7.30. The number of nitrogens with one attached hydrogen (secondary N) is 1. The number of rotatable bonds is 3. The van der Waals surface area contributed by atoms with E-state index in [2.05, 4.69) is 30.2 Å². The minimum atomic E-state index is -0.483. The predicted octanol–water partition coefficient (Wildman–Crippen LogP) is 2.75. The number of urea groups is 1. The fourth-order valence-electron chi connectivity index (χ4n) is 3.97. The second kappa shape index (κ2) is 7.71. The molecule has 5 heterocycles. The SMILES string of the molecule is C/N=C\c1ncc(-c2ccc3c(n2)N(C(=O)Nc2cnccn2)[C@H]2CCN3C2)cc1F. The predicted molar refractivity (Wildman–Crippen MR) is 115 cm³/mol. The van der Waals surface area contributed by atoms with Crippen molar-refractivity contribution in [3.05, 3.63) is 54.5 Å². The van der Waals surface area contributed by atoms with Crippen molar-refractivity contribution in [3.63, 3.8) is 0 Å². The van der Waals surface area contributed by atoms with Crippen LogP contribution in [0.2, 0.25) is 0 Å². The number of fused-ring (bicyclic) bond motifs is 4. The summed E-state index contributed by atoms with van der Waals surface area (Å²) in [6.07, 6.45) is 8.30. The number of hydrogen-bond acceptors (Lipinski definition) is 7. The molecule has 1 atom stereocenters. The number of pyridine rings is 2. The van der Waals surface area contributed by atoms with Crippen LogP contribution in [-0.2, 0) is 0 Å². The minimum Gasteiger partial charge on any atom is -0.366 e. The summed E-state index contributed by atoms with van der Waals surface area (Å²) < 4.78 is 14.4. The number of halogens is 1. The number of hydrogen-bond donors (Lipinski definition) is 1. The van der Waals surface area contributed by atoms with Gasteiger partial charge in [-0.1, -0.05) is 0 Å². The van der Waals surface area contributed by atoms with Gasteiger partial charge >= 0.3 is 6.03 Å². The van der Waals surface area contributed by atoms with Gasteiger partial charge in [-0.05, 0) is 24.6 Å². The number of aromatic nitrogens is 4. The fraction of sp³-hybridized carbons (Fsp3) is 0.238. The Morgan fingerprint density at radius 1 is 1.29 bits per heavy atom. The highest BCUT2D eigenvalue weighted by atomic mass is 19.1. The summed E-state index contributed by atoms with van der Waals surface area (Å²) in [6.45, 7) is 1.58. The van der Waals surface area contributed by atoms with E-state index in [1.54, 1.807) is 24.3 Å². The topological polar surface area (TPSA) is 99.5 Å². The lowest BCUT2D eigenvalue weighted by molar-refractivity contribution is 0.254. The summed E-state index contributed by atoms with van der Waals surface area (Å²) in [7, 11) is 1.56. The molecule has 3 aromatic heterocycles. The Hall–Kier alpha value is -3.95. The zero-order valence-corrected chi connectivity index (χ0v) is 16.7. The van der Waals surface area contributed by atoms with E-state index < -0.39 is 5.82 Å². The molecule has 2 amide bonds. The monoisotopic (exact) mass is 418 g/mol. The van der Waals surface area contributed by atoms with Crippen LogP contribution in [0.15, 0.2) is 48.0 Å². The number of amides is 2. The summed E-state index contributed by atoms with van der Waals surface area (Å²) >= 11 is 0. The van der Waals surface area contributed by atoms with Crippen molar-refractivity contribution in [2.24, 2.45) is 4.99 Å². The van der Waals surface area contributed by atoms with E-state index in [1.807, 2.05) is 12.1 Å². The van der Waals surface area contributed by atoms with Gasteiger partial charge in [0.25, 0.3) is 0 Å². The zero-order valence-electron chi connectivity index (χ0n) is 16.7. The Labute approximate surface area is 177 Å². The zero-order chi connectivity index (χ0) is 21.4. The van der Waals surface area contributed by atoms with Gasteiger partial charge in [-0.15, -0.1) is 0 Å². The maximum absolute atomic E-state index is 14.4. The van der Waals surface area contributed by atoms with Crippen molar-refractivity contribution in [2.45, 2.75) is 12.5 Å². The molecule has 0 radical (unpaired) electrons. The van der Waals surface area contributed by atoms with Crippen molar-refractivity contribution < 1.29 is 9.18 Å². The molecule has 0 saturated carbocycles. The van der Waals surface area contributed by atoms with Crippen LogP contribution in [0.5, 0.6) is 0 Å². The third-order valence-corrected chi connectivity index (χ3v) is 5.39. The summed E-state index contributed by atoms with van der Waals surface area (Å²) in [6, 6.07) is 4.78. The molecule has 0 aliphatic carbocycles. The van der Waals surface area contributed by atoms with Gasteiger partial charge in [0, 0.05) is 50.5 Å². The van der Waals surface area contributed by atoms with Gasteiger partial charge in [-0.2, -0.15) is 0 Å². The maximum atomic E-state index is 14.4. The highest BCUT2D eigenvalue weighted by Gasteiger charge is 2.40. The van der Waals surface area contributed by atoms with E-state index in [1.165, 1.54) is 24.7 Å². The van der Waals surface area contributed by atoms with E-state index in [0.717, 1.165) is 25.2 Å². The molecule has 2 bridgehead atoms. The third-order valence-electron chi connectivity index (χ3n) is 5.39. The number of nitrogens with zero attached hydrogens (tertiary/aromatic N) is 7. The standard InChI is InChI=1S/C21H19FN8O/c1-23-10-17-15(22)8-13(9-26-17)16-2-3-18-20(27-16)30(14-4-7-29(18)12-14)21(31)28-19-11-24-5-6-25-19/h2-3,5-6,8-11,14H,4,7,12H2,1H3,(H,25,28,31)/b23-10-/t14-/m0/s1. The molecule has 0 aromatic carbocycles. The third kappa shape index (κ3) is 3.45. The Morgan fingerprint density at radius 2 is 2.19 bits per heavy atom. The lowest BCUT2D eigenvalue weighted by atomic mass is 10.1. The summed E-state index contributed by atoms with van der Waals surface area (Å²) in [5.74, 6) is 0.418. The molecule has 1 N–H and O–H groups in total. The number of aliphatic imine (C=N–C) groups is 1. The molecule has 5 rings (SSSR count). The fourth-order valence-corrected chi connectivity index (χ4v) is 3.97. The van der Waals surface area contributed by atoms with Crippen molar-refractivity contribution in [1.82, 2.24) is 19.9 Å². The molecule has 2 aliphatic rings. The van der Waals surface area contributed by atoms with E-state index in [4.69, 9.17) is 4.98 Å². The molecule has 1 fully saturated rings. The lowest BCUT2D eigenvalue weighted by Gasteiger charge is -2.35. The molecule has 0 unspecified atom stereocenters. The van der Waals surface area contributed by atoms with Gasteiger partial charge in [-0.3, -0.25) is 25.2 Å². The molecule has 31 heavy (non-hydrogen) atoms. The molecule has 2 aliphatic heterocycles.